The van der Waals surface area contributed by atoms with Gasteiger partial charge in [-0.3, -0.25) is 0 Å². The molecule has 2 aliphatic carbocycles. The largest absolute Gasteiger partial charge is 0.0723 e. The van der Waals surface area contributed by atoms with Crippen molar-refractivity contribution < 1.29 is 0 Å². The van der Waals surface area contributed by atoms with E-state index >= 15 is 0 Å². The minimum absolute atomic E-state index is 1.19. The Hall–Kier alpha value is -1.04. The fourth-order valence-corrected chi connectivity index (χ4v) is 5.48. The number of unbranched alkanes of at least 4 members (excludes halogenated alkanes) is 18. The van der Waals surface area contributed by atoms with Gasteiger partial charge in [-0.25, -0.2) is 0 Å². The van der Waals surface area contributed by atoms with Crippen LogP contribution in [0.5, 0.6) is 0 Å². The maximum absolute atomic E-state index is 2.53. The van der Waals surface area contributed by atoms with E-state index in [0.29, 0.717) is 0 Å². The molecule has 2 aliphatic rings. The van der Waals surface area contributed by atoms with Crippen molar-refractivity contribution in [2.75, 3.05) is 0 Å². The van der Waals surface area contributed by atoms with Gasteiger partial charge in [0.1, 0.15) is 0 Å². The van der Waals surface area contributed by atoms with Crippen LogP contribution in [0.3, 0.4) is 0 Å². The first-order valence-corrected chi connectivity index (χ1v) is 15.2. The van der Waals surface area contributed by atoms with E-state index < -0.39 is 0 Å². The maximum atomic E-state index is 2.53. The Morgan fingerprint density at radius 2 is 0.970 bits per heavy atom. The van der Waals surface area contributed by atoms with Crippen LogP contribution in [0, 0.1) is 0 Å². The van der Waals surface area contributed by atoms with Crippen LogP contribution >= 0.6 is 0 Å². The summed E-state index contributed by atoms with van der Waals surface area (Å²) in [4.78, 5) is 0. The summed E-state index contributed by atoms with van der Waals surface area (Å²) < 4.78 is 0. The first-order valence-electron chi connectivity index (χ1n) is 15.2. The lowest BCUT2D eigenvalue weighted by Gasteiger charge is -2.16. The summed E-state index contributed by atoms with van der Waals surface area (Å²) in [6.07, 6.45) is 42.2. The second-order valence-corrected chi connectivity index (χ2v) is 10.8. The van der Waals surface area contributed by atoms with Gasteiger partial charge < -0.3 is 0 Å². The SMILES string of the molecule is CCCCCCCCCCCCC1=CC2=CC=C(CCCCCCCCCCCC)C2=CC1. The van der Waals surface area contributed by atoms with Gasteiger partial charge in [-0.2, -0.15) is 0 Å². The number of hydrogen-bond acceptors (Lipinski definition) is 0. The van der Waals surface area contributed by atoms with Crippen molar-refractivity contribution in [3.63, 3.8) is 0 Å². The van der Waals surface area contributed by atoms with E-state index in [1.807, 2.05) is 0 Å². The Morgan fingerprint density at radius 1 is 0.515 bits per heavy atom. The van der Waals surface area contributed by atoms with Crippen LogP contribution in [-0.4, -0.2) is 0 Å². The Labute approximate surface area is 208 Å². The molecule has 0 spiro atoms. The molecular weight excluding hydrogens is 396 g/mol. The molecule has 0 atom stereocenters. The number of hydrogen-bond donors (Lipinski definition) is 0. The first-order chi connectivity index (χ1) is 16.3. The smallest absolute Gasteiger partial charge is 0.0126 e. The molecule has 0 nitrogen and oxygen atoms in total. The molecule has 0 saturated heterocycles. The highest BCUT2D eigenvalue weighted by Gasteiger charge is 2.17. The summed E-state index contributed by atoms with van der Waals surface area (Å²) in [5.74, 6) is 0. The lowest BCUT2D eigenvalue weighted by Crippen LogP contribution is -1.97. The monoisotopic (exact) mass is 452 g/mol. The minimum Gasteiger partial charge on any atom is -0.0723 e. The Kier molecular flexibility index (Phi) is 16.5. The van der Waals surface area contributed by atoms with E-state index in [-0.39, 0.29) is 0 Å². The molecule has 0 bridgehead atoms. The van der Waals surface area contributed by atoms with Crippen LogP contribution in [0.15, 0.2) is 46.6 Å². The molecule has 0 N–H and O–H groups in total. The molecule has 33 heavy (non-hydrogen) atoms. The molecule has 0 aromatic heterocycles. The third-order valence-electron chi connectivity index (χ3n) is 7.70. The molecule has 0 heterocycles. The summed E-state index contributed by atoms with van der Waals surface area (Å²) in [6.45, 7) is 4.60. The molecule has 2 rings (SSSR count). The summed E-state index contributed by atoms with van der Waals surface area (Å²) in [7, 11) is 0. The predicted molar refractivity (Wildman–Crippen MR) is 150 cm³/mol. The van der Waals surface area contributed by atoms with Gasteiger partial charge >= 0.3 is 0 Å². The molecular formula is C33H56. The molecule has 0 aromatic rings. The van der Waals surface area contributed by atoms with E-state index in [4.69, 9.17) is 0 Å². The van der Waals surface area contributed by atoms with Gasteiger partial charge in [-0.05, 0) is 48.8 Å². The molecule has 0 unspecified atom stereocenters. The molecule has 188 valence electrons. The number of fused-ring (bicyclic) bond motifs is 1. The van der Waals surface area contributed by atoms with E-state index in [1.54, 1.807) is 16.7 Å². The maximum Gasteiger partial charge on any atom is -0.0126 e. The van der Waals surface area contributed by atoms with Gasteiger partial charge in [0.2, 0.25) is 0 Å². The summed E-state index contributed by atoms with van der Waals surface area (Å²) >= 11 is 0. The molecule has 0 radical (unpaired) electrons. The Morgan fingerprint density at radius 3 is 1.48 bits per heavy atom. The summed E-state index contributed by atoms with van der Waals surface area (Å²) in [6, 6.07) is 0. The van der Waals surface area contributed by atoms with Gasteiger partial charge in [-0.15, -0.1) is 0 Å². The number of rotatable bonds is 22. The first kappa shape index (κ1) is 28.2. The normalized spacial score (nSPS) is 15.2. The lowest BCUT2D eigenvalue weighted by molar-refractivity contribution is 0.555. The van der Waals surface area contributed by atoms with Crippen LogP contribution in [0.4, 0.5) is 0 Å². The average Bonchev–Trinajstić information content (AvgIpc) is 3.23. The highest BCUT2D eigenvalue weighted by Crippen LogP contribution is 2.36. The van der Waals surface area contributed by atoms with Crippen LogP contribution in [0.1, 0.15) is 162 Å². The zero-order chi connectivity index (χ0) is 23.4. The molecule has 0 amide bonds. The molecule has 0 aromatic carbocycles. The third kappa shape index (κ3) is 12.8. The van der Waals surface area contributed by atoms with Crippen molar-refractivity contribution in [3.05, 3.63) is 46.6 Å². The predicted octanol–water partition coefficient (Wildman–Crippen LogP) is 11.7. The highest BCUT2D eigenvalue weighted by atomic mass is 14.2. The zero-order valence-electron chi connectivity index (χ0n) is 22.6. The van der Waals surface area contributed by atoms with Crippen molar-refractivity contribution in [3.8, 4) is 0 Å². The summed E-state index contributed by atoms with van der Waals surface area (Å²) in [5, 5.41) is 0. The van der Waals surface area contributed by atoms with E-state index in [2.05, 4.69) is 38.2 Å². The van der Waals surface area contributed by atoms with E-state index in [0.717, 1.165) is 0 Å². The van der Waals surface area contributed by atoms with Crippen molar-refractivity contribution in [2.45, 2.75) is 162 Å². The van der Waals surface area contributed by atoms with Gasteiger partial charge in [0, 0.05) is 0 Å². The van der Waals surface area contributed by atoms with Crippen molar-refractivity contribution in [2.24, 2.45) is 0 Å². The van der Waals surface area contributed by atoms with Crippen molar-refractivity contribution >= 4 is 0 Å². The highest BCUT2D eigenvalue weighted by molar-refractivity contribution is 5.62. The Balaban J connectivity index is 1.46. The fraction of sp³-hybridized carbons (Fsp3) is 0.758. The zero-order valence-corrected chi connectivity index (χ0v) is 22.6. The van der Waals surface area contributed by atoms with E-state index in [9.17, 15) is 0 Å². The van der Waals surface area contributed by atoms with Crippen LogP contribution in [0.25, 0.3) is 0 Å². The standard InChI is InChI=1S/C33H56/c1-3-5-7-9-11-13-15-17-19-21-23-30-25-28-33-31(26-27-32(33)29-30)24-22-20-18-16-14-12-10-8-6-4-2/h26-29H,3-25H2,1-2H3. The van der Waals surface area contributed by atoms with Crippen LogP contribution in [-0.2, 0) is 0 Å². The Bertz CT molecular complexity index is 612. The minimum atomic E-state index is 1.19. The third-order valence-corrected chi connectivity index (χ3v) is 7.70. The summed E-state index contributed by atoms with van der Waals surface area (Å²) in [5.41, 5.74) is 6.35. The lowest BCUT2D eigenvalue weighted by atomic mass is 9.89. The molecule has 0 saturated carbocycles. The van der Waals surface area contributed by atoms with Gasteiger partial charge in [0.15, 0.2) is 0 Å². The van der Waals surface area contributed by atoms with Gasteiger partial charge in [0.05, 0.1) is 0 Å². The van der Waals surface area contributed by atoms with Crippen molar-refractivity contribution in [1.29, 1.82) is 0 Å². The average molecular weight is 453 g/mol. The second kappa shape index (κ2) is 19.3. The van der Waals surface area contributed by atoms with Gasteiger partial charge in [0.25, 0.3) is 0 Å². The quantitative estimate of drug-likeness (QED) is 0.143. The van der Waals surface area contributed by atoms with Crippen molar-refractivity contribution in [1.82, 2.24) is 0 Å². The molecule has 0 aliphatic heterocycles. The topological polar surface area (TPSA) is 0 Å². The van der Waals surface area contributed by atoms with Crippen LogP contribution < -0.4 is 0 Å². The molecule has 0 heteroatoms. The van der Waals surface area contributed by atoms with E-state index in [1.165, 1.54) is 153 Å². The van der Waals surface area contributed by atoms with Gasteiger partial charge in [-0.1, -0.05) is 159 Å². The number of allylic oxidation sites excluding steroid dienone is 8. The molecule has 0 fully saturated rings. The second-order valence-electron chi connectivity index (χ2n) is 10.8. The van der Waals surface area contributed by atoms with Crippen LogP contribution in [0.2, 0.25) is 0 Å². The fourth-order valence-electron chi connectivity index (χ4n) is 5.48.